The Balaban J connectivity index is 0. The van der Waals surface area contributed by atoms with E-state index in [4.69, 9.17) is 9.90 Å². The Morgan fingerprint density at radius 1 is 1.50 bits per heavy atom. The first-order valence-electron chi connectivity index (χ1n) is 2.08. The van der Waals surface area contributed by atoms with E-state index in [1.165, 1.54) is 0 Å². The zero-order chi connectivity index (χ0) is 6.99. The number of allylic oxidation sites excluding steroid dienone is 2. The van der Waals surface area contributed by atoms with Crippen molar-refractivity contribution < 1.29 is 9.90 Å². The second-order valence-corrected chi connectivity index (χ2v) is 0.990. The lowest BCUT2D eigenvalue weighted by Crippen LogP contribution is -1.78. The quantitative estimate of drug-likeness (QED) is 0.524. The molecular weight excluding hydrogens is 104 g/mol. The third kappa shape index (κ3) is 30900. The van der Waals surface area contributed by atoms with Gasteiger partial charge in [-0.3, -0.25) is 4.79 Å². The average molecular weight is 114 g/mol. The Hall–Kier alpha value is -1.05. The highest BCUT2D eigenvalue weighted by atomic mass is 16.4. The van der Waals surface area contributed by atoms with Crippen molar-refractivity contribution in [2.75, 3.05) is 0 Å². The first kappa shape index (κ1) is 10.0. The summed E-state index contributed by atoms with van der Waals surface area (Å²) in [4.78, 5) is 9.00. The van der Waals surface area contributed by atoms with Gasteiger partial charge in [-0.1, -0.05) is 25.3 Å². The first-order valence-corrected chi connectivity index (χ1v) is 2.08. The summed E-state index contributed by atoms with van der Waals surface area (Å²) in [5, 5.41) is 7.42. The van der Waals surface area contributed by atoms with E-state index < -0.39 is 5.97 Å². The van der Waals surface area contributed by atoms with Crippen LogP contribution in [-0.2, 0) is 4.79 Å². The molecule has 2 heteroatoms. The van der Waals surface area contributed by atoms with Crippen molar-refractivity contribution >= 4 is 5.97 Å². The molecule has 0 rings (SSSR count). The Bertz CT molecular complexity index is 74.5. The number of carboxylic acid groups (broad SMARTS) is 1. The third-order valence-electron chi connectivity index (χ3n) is 0.167. The van der Waals surface area contributed by atoms with Crippen LogP contribution in [0.25, 0.3) is 0 Å². The van der Waals surface area contributed by atoms with E-state index >= 15 is 0 Å². The summed E-state index contributed by atoms with van der Waals surface area (Å²) in [5.41, 5.74) is 0. The Morgan fingerprint density at radius 2 is 1.62 bits per heavy atom. The molecule has 0 aliphatic rings. The highest BCUT2D eigenvalue weighted by Gasteiger charge is 1.65. The van der Waals surface area contributed by atoms with Gasteiger partial charge in [0.05, 0.1) is 0 Å². The van der Waals surface area contributed by atoms with Gasteiger partial charge in [-0.2, -0.15) is 0 Å². The zero-order valence-electron chi connectivity index (χ0n) is 4.92. The van der Waals surface area contributed by atoms with Gasteiger partial charge in [0.15, 0.2) is 0 Å². The fourth-order valence-electron chi connectivity index (χ4n) is 0. The van der Waals surface area contributed by atoms with Crippen LogP contribution in [0.15, 0.2) is 25.3 Å². The van der Waals surface area contributed by atoms with Crippen LogP contribution in [0, 0.1) is 0 Å². The van der Waals surface area contributed by atoms with Gasteiger partial charge < -0.3 is 5.11 Å². The second kappa shape index (κ2) is 9.34. The summed E-state index contributed by atoms with van der Waals surface area (Å²) in [6, 6.07) is 0. The summed E-state index contributed by atoms with van der Waals surface area (Å²) < 4.78 is 0. The molecule has 0 amide bonds. The van der Waals surface area contributed by atoms with Crippen LogP contribution < -0.4 is 0 Å². The van der Waals surface area contributed by atoms with E-state index in [1.807, 2.05) is 0 Å². The highest BCUT2D eigenvalue weighted by Crippen LogP contribution is 1.52. The van der Waals surface area contributed by atoms with Crippen molar-refractivity contribution in [2.24, 2.45) is 0 Å². The number of carbonyl (C=O) groups is 1. The van der Waals surface area contributed by atoms with Crippen molar-refractivity contribution in [3.8, 4) is 0 Å². The van der Waals surface area contributed by atoms with Gasteiger partial charge in [0.25, 0.3) is 5.97 Å². The molecule has 0 aromatic heterocycles. The van der Waals surface area contributed by atoms with E-state index in [0.29, 0.717) is 0 Å². The molecule has 0 aliphatic heterocycles. The number of rotatable bonds is 1. The van der Waals surface area contributed by atoms with Crippen LogP contribution in [-0.4, -0.2) is 11.1 Å². The monoisotopic (exact) mass is 114 g/mol. The molecule has 2 nitrogen and oxygen atoms in total. The minimum absolute atomic E-state index is 0.833. The fourth-order valence-corrected chi connectivity index (χ4v) is 0. The maximum absolute atomic E-state index is 9.00. The SMILES string of the molecule is C=CC=C.CC(=O)O. The van der Waals surface area contributed by atoms with E-state index in [1.54, 1.807) is 12.2 Å². The van der Waals surface area contributed by atoms with E-state index in [-0.39, 0.29) is 0 Å². The van der Waals surface area contributed by atoms with Gasteiger partial charge in [-0.15, -0.1) is 0 Å². The van der Waals surface area contributed by atoms with Crippen LogP contribution in [0.5, 0.6) is 0 Å². The summed E-state index contributed by atoms with van der Waals surface area (Å²) in [6.07, 6.45) is 3.28. The van der Waals surface area contributed by atoms with E-state index in [9.17, 15) is 0 Å². The average Bonchev–Trinajstić information content (AvgIpc) is 1.65. The normalized spacial score (nSPS) is 5.62. The van der Waals surface area contributed by atoms with E-state index in [0.717, 1.165) is 6.92 Å². The smallest absolute Gasteiger partial charge is 0.300 e. The Kier molecular flexibility index (Phi) is 11.7. The van der Waals surface area contributed by atoms with Crippen molar-refractivity contribution in [3.63, 3.8) is 0 Å². The molecule has 0 heterocycles. The van der Waals surface area contributed by atoms with Crippen molar-refractivity contribution in [3.05, 3.63) is 25.3 Å². The standard InChI is InChI=1S/C4H6.C2H4O2/c1-3-4-2;1-2(3)4/h3-4H,1-2H2;1H3,(H,3,4). The Morgan fingerprint density at radius 3 is 1.62 bits per heavy atom. The highest BCUT2D eigenvalue weighted by molar-refractivity contribution is 5.62. The molecule has 0 atom stereocenters. The largest absolute Gasteiger partial charge is 0.481 e. The lowest BCUT2D eigenvalue weighted by Gasteiger charge is -1.59. The van der Waals surface area contributed by atoms with Crippen LogP contribution in [0.1, 0.15) is 6.92 Å². The van der Waals surface area contributed by atoms with E-state index in [2.05, 4.69) is 13.2 Å². The molecule has 0 unspecified atom stereocenters. The van der Waals surface area contributed by atoms with Crippen molar-refractivity contribution in [1.29, 1.82) is 0 Å². The lowest BCUT2D eigenvalue weighted by molar-refractivity contribution is -0.134. The number of aliphatic carboxylic acids is 1. The molecule has 46 valence electrons. The van der Waals surface area contributed by atoms with Crippen LogP contribution >= 0.6 is 0 Å². The minimum Gasteiger partial charge on any atom is -0.481 e. The van der Waals surface area contributed by atoms with Crippen LogP contribution in [0.3, 0.4) is 0 Å². The predicted molar refractivity (Wildman–Crippen MR) is 33.7 cm³/mol. The molecule has 0 spiro atoms. The van der Waals surface area contributed by atoms with Crippen LogP contribution in [0.2, 0.25) is 0 Å². The summed E-state index contributed by atoms with van der Waals surface area (Å²) in [7, 11) is 0. The molecule has 0 aromatic rings. The number of carboxylic acids is 1. The molecule has 0 saturated heterocycles. The molecule has 1 N–H and O–H groups in total. The van der Waals surface area contributed by atoms with Crippen LogP contribution in [0.4, 0.5) is 0 Å². The fraction of sp³-hybridized carbons (Fsp3) is 0.167. The Labute approximate surface area is 49.1 Å². The van der Waals surface area contributed by atoms with Crippen molar-refractivity contribution in [1.82, 2.24) is 0 Å². The number of hydrogen-bond acceptors (Lipinski definition) is 1. The maximum atomic E-state index is 9.00. The van der Waals surface area contributed by atoms with Gasteiger partial charge in [-0.05, 0) is 0 Å². The maximum Gasteiger partial charge on any atom is 0.300 e. The van der Waals surface area contributed by atoms with Crippen molar-refractivity contribution in [2.45, 2.75) is 6.92 Å². The zero-order valence-corrected chi connectivity index (χ0v) is 4.92. The second-order valence-electron chi connectivity index (χ2n) is 0.990. The molecule has 0 aromatic carbocycles. The molecule has 0 bridgehead atoms. The summed E-state index contributed by atoms with van der Waals surface area (Å²) in [6.45, 7) is 7.81. The molecule has 0 radical (unpaired) electrons. The summed E-state index contributed by atoms with van der Waals surface area (Å²) >= 11 is 0. The van der Waals surface area contributed by atoms with Gasteiger partial charge in [0.2, 0.25) is 0 Å². The topological polar surface area (TPSA) is 37.3 Å². The molecule has 0 aliphatic carbocycles. The minimum atomic E-state index is -0.833. The molecule has 0 fully saturated rings. The molecule has 0 saturated carbocycles. The third-order valence-corrected chi connectivity index (χ3v) is 0.167. The summed E-state index contributed by atoms with van der Waals surface area (Å²) in [5.74, 6) is -0.833. The van der Waals surface area contributed by atoms with Gasteiger partial charge in [0.1, 0.15) is 0 Å². The predicted octanol–water partition coefficient (Wildman–Crippen LogP) is 1.45. The number of hydrogen-bond donors (Lipinski definition) is 1. The first-order chi connectivity index (χ1) is 3.65. The van der Waals surface area contributed by atoms with Gasteiger partial charge in [-0.25, -0.2) is 0 Å². The van der Waals surface area contributed by atoms with Gasteiger partial charge >= 0.3 is 0 Å². The molecule has 8 heavy (non-hydrogen) atoms. The molecular formula is C6H10O2. The van der Waals surface area contributed by atoms with Gasteiger partial charge in [0, 0.05) is 6.92 Å². The lowest BCUT2D eigenvalue weighted by atomic mass is 10.6.